The van der Waals surface area contributed by atoms with Crippen LogP contribution in [0.25, 0.3) is 11.4 Å². The van der Waals surface area contributed by atoms with Crippen LogP contribution in [0.1, 0.15) is 38.7 Å². The van der Waals surface area contributed by atoms with Gasteiger partial charge in [-0.1, -0.05) is 19.8 Å². The number of nitrogens with zero attached hydrogens (tertiary/aromatic N) is 3. The van der Waals surface area contributed by atoms with E-state index in [1.165, 1.54) is 12.8 Å². The average Bonchev–Trinajstić information content (AvgIpc) is 3.12. The van der Waals surface area contributed by atoms with Crippen LogP contribution in [0.2, 0.25) is 0 Å². The van der Waals surface area contributed by atoms with Crippen LogP contribution in [0, 0.1) is 4.77 Å². The zero-order valence-corrected chi connectivity index (χ0v) is 17.6. The molecule has 3 aromatic rings. The first-order chi connectivity index (χ1) is 14.2. The molecule has 0 aliphatic heterocycles. The fourth-order valence-electron chi connectivity index (χ4n) is 2.77. The minimum absolute atomic E-state index is 0.431. The van der Waals surface area contributed by atoms with Gasteiger partial charge in [0, 0.05) is 5.56 Å². The number of ether oxygens (including phenoxy) is 2. The zero-order valence-electron chi connectivity index (χ0n) is 16.8. The molecule has 152 valence electrons. The third-order valence-corrected chi connectivity index (χ3v) is 4.56. The largest absolute Gasteiger partial charge is 0.494 e. The van der Waals surface area contributed by atoms with Crippen molar-refractivity contribution in [2.45, 2.75) is 33.1 Å². The Hall–Kier alpha value is -2.93. The predicted molar refractivity (Wildman–Crippen MR) is 118 cm³/mol. The quantitative estimate of drug-likeness (QED) is 0.274. The molecule has 6 nitrogen and oxygen atoms in total. The molecule has 3 rings (SSSR count). The van der Waals surface area contributed by atoms with Gasteiger partial charge in [-0.3, -0.25) is 0 Å². The van der Waals surface area contributed by atoms with Crippen molar-refractivity contribution in [3.63, 3.8) is 0 Å². The molecular weight excluding hydrogens is 384 g/mol. The van der Waals surface area contributed by atoms with Gasteiger partial charge in [-0.15, -0.1) is 0 Å². The number of aromatic amines is 1. The van der Waals surface area contributed by atoms with Crippen LogP contribution < -0.4 is 9.47 Å². The Morgan fingerprint density at radius 3 is 2.38 bits per heavy atom. The summed E-state index contributed by atoms with van der Waals surface area (Å²) in [7, 11) is 0. The fourth-order valence-corrected chi connectivity index (χ4v) is 2.95. The van der Waals surface area contributed by atoms with Gasteiger partial charge in [0.1, 0.15) is 11.5 Å². The molecule has 0 saturated heterocycles. The Morgan fingerprint density at radius 1 is 1.00 bits per heavy atom. The van der Waals surface area contributed by atoms with Gasteiger partial charge in [-0.2, -0.15) is 14.9 Å². The minimum atomic E-state index is 0.431. The second-order valence-corrected chi connectivity index (χ2v) is 6.88. The van der Waals surface area contributed by atoms with Crippen molar-refractivity contribution in [1.82, 2.24) is 14.9 Å². The van der Waals surface area contributed by atoms with Gasteiger partial charge in [0.05, 0.1) is 19.4 Å². The lowest BCUT2D eigenvalue weighted by atomic mass is 10.2. The molecule has 29 heavy (non-hydrogen) atoms. The SMILES string of the molecule is CCCCCOc1ccc(/C=N\n2c(-c3ccc(OCC)cc3)n[nH]c2=S)cc1. The number of unbranched alkanes of at least 4 members (excludes halogenated alkanes) is 2. The van der Waals surface area contributed by atoms with Crippen LogP contribution in [-0.4, -0.2) is 34.3 Å². The lowest BCUT2D eigenvalue weighted by Crippen LogP contribution is -1.97. The Bertz CT molecular complexity index is 975. The Kier molecular flexibility index (Phi) is 7.58. The van der Waals surface area contributed by atoms with Crippen LogP contribution in [-0.2, 0) is 0 Å². The van der Waals surface area contributed by atoms with E-state index in [0.29, 0.717) is 17.2 Å². The zero-order chi connectivity index (χ0) is 20.5. The maximum absolute atomic E-state index is 5.74. The van der Waals surface area contributed by atoms with E-state index in [9.17, 15) is 0 Å². The first-order valence-electron chi connectivity index (χ1n) is 9.89. The summed E-state index contributed by atoms with van der Waals surface area (Å²) in [6.07, 6.45) is 5.21. The molecule has 0 aliphatic rings. The molecule has 1 aromatic heterocycles. The predicted octanol–water partition coefficient (Wildman–Crippen LogP) is 5.46. The summed E-state index contributed by atoms with van der Waals surface area (Å²) in [6, 6.07) is 15.5. The highest BCUT2D eigenvalue weighted by Gasteiger charge is 2.08. The lowest BCUT2D eigenvalue weighted by Gasteiger charge is -2.06. The van der Waals surface area contributed by atoms with E-state index in [-0.39, 0.29) is 0 Å². The molecule has 0 aliphatic carbocycles. The summed E-state index contributed by atoms with van der Waals surface area (Å²) < 4.78 is 13.3. The molecule has 7 heteroatoms. The summed E-state index contributed by atoms with van der Waals surface area (Å²) >= 11 is 5.33. The Balaban J connectivity index is 1.71. The van der Waals surface area contributed by atoms with E-state index >= 15 is 0 Å². The first kappa shape index (κ1) is 20.8. The van der Waals surface area contributed by atoms with Crippen LogP contribution >= 0.6 is 12.2 Å². The molecule has 0 fully saturated rings. The van der Waals surface area contributed by atoms with Crippen LogP contribution in [0.15, 0.2) is 53.6 Å². The standard InChI is InChI=1S/C22H26N4O2S/c1-3-5-6-15-28-20-11-7-17(8-12-20)16-23-26-21(24-25-22(26)29)18-9-13-19(14-10-18)27-4-2/h7-14,16H,3-6,15H2,1-2H3,(H,25,29)/b23-16-. The van der Waals surface area contributed by atoms with Crippen molar-refractivity contribution in [2.75, 3.05) is 13.2 Å². The normalized spacial score (nSPS) is 11.1. The van der Waals surface area contributed by atoms with Crippen molar-refractivity contribution in [1.29, 1.82) is 0 Å². The van der Waals surface area contributed by atoms with Crippen LogP contribution in [0.5, 0.6) is 11.5 Å². The highest BCUT2D eigenvalue weighted by Crippen LogP contribution is 2.21. The maximum atomic E-state index is 5.74. The molecule has 0 unspecified atom stereocenters. The number of nitrogens with one attached hydrogen (secondary N) is 1. The minimum Gasteiger partial charge on any atom is -0.494 e. The number of H-pyrrole nitrogens is 1. The third-order valence-electron chi connectivity index (χ3n) is 4.29. The van der Waals surface area contributed by atoms with Crippen molar-refractivity contribution in [3.8, 4) is 22.9 Å². The maximum Gasteiger partial charge on any atom is 0.216 e. The molecule has 2 aromatic carbocycles. The van der Waals surface area contributed by atoms with Crippen molar-refractivity contribution in [2.24, 2.45) is 5.10 Å². The average molecular weight is 411 g/mol. The highest BCUT2D eigenvalue weighted by molar-refractivity contribution is 7.71. The third kappa shape index (κ3) is 5.77. The molecule has 0 spiro atoms. The topological polar surface area (TPSA) is 64.4 Å². The fraction of sp³-hybridized carbons (Fsp3) is 0.318. The number of hydrogen-bond donors (Lipinski definition) is 1. The molecule has 1 heterocycles. The second-order valence-electron chi connectivity index (χ2n) is 6.49. The molecule has 1 N–H and O–H groups in total. The highest BCUT2D eigenvalue weighted by atomic mass is 32.1. The van der Waals surface area contributed by atoms with Gasteiger partial charge in [0.2, 0.25) is 4.77 Å². The number of hydrogen-bond acceptors (Lipinski definition) is 5. The Morgan fingerprint density at radius 2 is 1.69 bits per heavy atom. The molecule has 0 saturated carbocycles. The van der Waals surface area contributed by atoms with E-state index in [1.54, 1.807) is 10.9 Å². The van der Waals surface area contributed by atoms with Gasteiger partial charge in [-0.25, -0.2) is 5.10 Å². The van der Waals surface area contributed by atoms with E-state index in [0.717, 1.165) is 35.7 Å². The summed E-state index contributed by atoms with van der Waals surface area (Å²) in [6.45, 7) is 5.52. The molecule has 0 radical (unpaired) electrons. The van der Waals surface area contributed by atoms with Crippen molar-refractivity contribution >= 4 is 18.4 Å². The van der Waals surface area contributed by atoms with Crippen molar-refractivity contribution in [3.05, 3.63) is 58.9 Å². The van der Waals surface area contributed by atoms with E-state index < -0.39 is 0 Å². The van der Waals surface area contributed by atoms with E-state index in [2.05, 4.69) is 22.2 Å². The van der Waals surface area contributed by atoms with Gasteiger partial charge in [-0.05, 0) is 79.7 Å². The van der Waals surface area contributed by atoms with Gasteiger partial charge in [0.25, 0.3) is 0 Å². The van der Waals surface area contributed by atoms with Crippen molar-refractivity contribution < 1.29 is 9.47 Å². The Labute approximate surface area is 176 Å². The molecular formula is C22H26N4O2S. The molecule has 0 atom stereocenters. The summed E-state index contributed by atoms with van der Waals surface area (Å²) in [5.74, 6) is 2.33. The number of benzene rings is 2. The van der Waals surface area contributed by atoms with Crippen LogP contribution in [0.3, 0.4) is 0 Å². The first-order valence-corrected chi connectivity index (χ1v) is 10.3. The van der Waals surface area contributed by atoms with Gasteiger partial charge >= 0.3 is 0 Å². The van der Waals surface area contributed by atoms with E-state index in [4.69, 9.17) is 21.7 Å². The van der Waals surface area contributed by atoms with E-state index in [1.807, 2.05) is 55.5 Å². The smallest absolute Gasteiger partial charge is 0.216 e. The summed E-state index contributed by atoms with van der Waals surface area (Å²) in [4.78, 5) is 0. The molecule has 0 bridgehead atoms. The monoisotopic (exact) mass is 410 g/mol. The molecule has 0 amide bonds. The lowest BCUT2D eigenvalue weighted by molar-refractivity contribution is 0.306. The number of aromatic nitrogens is 3. The second kappa shape index (κ2) is 10.6. The van der Waals surface area contributed by atoms with Gasteiger partial charge in [0.15, 0.2) is 5.82 Å². The van der Waals surface area contributed by atoms with Crippen LogP contribution in [0.4, 0.5) is 0 Å². The summed E-state index contributed by atoms with van der Waals surface area (Å²) in [5.41, 5.74) is 1.85. The number of rotatable bonds is 10. The summed E-state index contributed by atoms with van der Waals surface area (Å²) in [5, 5.41) is 11.6. The van der Waals surface area contributed by atoms with Gasteiger partial charge < -0.3 is 9.47 Å².